The van der Waals surface area contributed by atoms with Crippen LogP contribution in [0.25, 0.3) is 0 Å². The molecule has 162 valence electrons. The van der Waals surface area contributed by atoms with Crippen LogP contribution in [-0.2, 0) is 18.8 Å². The fourth-order valence-electron chi connectivity index (χ4n) is 3.46. The normalized spacial score (nSPS) is 17.8. The van der Waals surface area contributed by atoms with Crippen LogP contribution in [0.5, 0.6) is 0 Å². The highest BCUT2D eigenvalue weighted by molar-refractivity contribution is 7.57. The van der Waals surface area contributed by atoms with Crippen LogP contribution in [0.15, 0.2) is 24.3 Å². The third-order valence-corrected chi connectivity index (χ3v) is 6.98. The number of hydrogen-bond acceptors (Lipinski definition) is 5. The first-order valence-corrected chi connectivity index (χ1v) is 12.5. The lowest BCUT2D eigenvalue weighted by Crippen LogP contribution is -2.28. The summed E-state index contributed by atoms with van der Waals surface area (Å²) in [6.45, 7) is 1.46. The summed E-state index contributed by atoms with van der Waals surface area (Å²) >= 11 is 5.86. The largest absolute Gasteiger partial charge is 0.462 e. The lowest BCUT2D eigenvalue weighted by Gasteiger charge is -2.21. The van der Waals surface area contributed by atoms with Crippen molar-refractivity contribution in [2.45, 2.75) is 44.2 Å². The van der Waals surface area contributed by atoms with Crippen molar-refractivity contribution < 1.29 is 28.5 Å². The number of carbonyl (C=O) groups is 2. The molecular formula is C20H29ClNO6P. The highest BCUT2D eigenvalue weighted by Crippen LogP contribution is 2.54. The van der Waals surface area contributed by atoms with E-state index in [0.717, 1.165) is 32.1 Å². The van der Waals surface area contributed by atoms with E-state index in [0.29, 0.717) is 10.6 Å². The lowest BCUT2D eigenvalue weighted by molar-refractivity contribution is -0.150. The molecule has 1 aromatic carbocycles. The Morgan fingerprint density at radius 2 is 1.79 bits per heavy atom. The molecule has 0 aliphatic heterocycles. The number of halogens is 1. The predicted molar refractivity (Wildman–Crippen MR) is 111 cm³/mol. The molecule has 2 atom stereocenters. The molecule has 1 aliphatic rings. The van der Waals surface area contributed by atoms with Gasteiger partial charge in [-0.1, -0.05) is 43.0 Å². The van der Waals surface area contributed by atoms with Crippen molar-refractivity contribution in [3.8, 4) is 0 Å². The molecule has 1 aliphatic carbocycles. The fourth-order valence-corrected chi connectivity index (χ4v) is 4.92. The third kappa shape index (κ3) is 8.37. The van der Waals surface area contributed by atoms with Crippen molar-refractivity contribution in [3.63, 3.8) is 0 Å². The molecule has 7 nitrogen and oxygen atoms in total. The molecule has 1 aromatic rings. The molecule has 29 heavy (non-hydrogen) atoms. The van der Waals surface area contributed by atoms with Crippen LogP contribution in [0.2, 0.25) is 5.02 Å². The van der Waals surface area contributed by atoms with Gasteiger partial charge in [0.15, 0.2) is 0 Å². The van der Waals surface area contributed by atoms with Crippen LogP contribution in [0.3, 0.4) is 0 Å². The van der Waals surface area contributed by atoms with Gasteiger partial charge in [0.25, 0.3) is 0 Å². The van der Waals surface area contributed by atoms with Gasteiger partial charge in [-0.2, -0.15) is 0 Å². The van der Waals surface area contributed by atoms with Gasteiger partial charge in [0.05, 0.1) is 11.6 Å². The Labute approximate surface area is 176 Å². The van der Waals surface area contributed by atoms with E-state index in [2.05, 4.69) is 5.32 Å². The Morgan fingerprint density at radius 3 is 2.41 bits per heavy atom. The van der Waals surface area contributed by atoms with E-state index in [1.165, 1.54) is 6.66 Å². The molecule has 2 N–H and O–H groups in total. The lowest BCUT2D eigenvalue weighted by atomic mass is 9.89. The van der Waals surface area contributed by atoms with E-state index in [1.54, 1.807) is 24.3 Å². The average Bonchev–Trinajstić information content (AvgIpc) is 2.69. The van der Waals surface area contributed by atoms with Crippen LogP contribution in [-0.4, -0.2) is 43.4 Å². The van der Waals surface area contributed by atoms with Crippen molar-refractivity contribution >= 4 is 31.0 Å². The quantitative estimate of drug-likeness (QED) is 0.329. The van der Waals surface area contributed by atoms with Crippen LogP contribution < -0.4 is 5.32 Å². The monoisotopic (exact) mass is 445 g/mol. The van der Waals surface area contributed by atoms with Gasteiger partial charge in [0.1, 0.15) is 13.2 Å². The van der Waals surface area contributed by atoms with Gasteiger partial charge in [-0.05, 0) is 37.0 Å². The Balaban J connectivity index is 1.67. The Morgan fingerprint density at radius 1 is 1.17 bits per heavy atom. The van der Waals surface area contributed by atoms with Crippen molar-refractivity contribution in [2.75, 3.05) is 26.4 Å². The summed E-state index contributed by atoms with van der Waals surface area (Å²) in [6, 6.07) is 6.74. The molecule has 0 radical (unpaired) electrons. The second kappa shape index (κ2) is 11.6. The first kappa shape index (κ1) is 23.7. The highest BCUT2D eigenvalue weighted by Gasteiger charge is 2.27. The van der Waals surface area contributed by atoms with Crippen LogP contribution in [0.4, 0.5) is 4.79 Å². The SMILES string of the molecule is CP(=O)(O)C(CCNC(=O)OCCOC(=O)C1CCCCC1)c1ccc(Cl)cc1. The maximum Gasteiger partial charge on any atom is 0.407 e. The number of nitrogens with one attached hydrogen (secondary N) is 1. The summed E-state index contributed by atoms with van der Waals surface area (Å²) in [5.74, 6) is -0.258. The number of alkyl carbamates (subject to hydrolysis) is 1. The minimum absolute atomic E-state index is 0.0248. The number of amides is 1. The minimum atomic E-state index is -3.42. The first-order chi connectivity index (χ1) is 13.8. The number of rotatable bonds is 9. The first-order valence-electron chi connectivity index (χ1n) is 9.90. The summed E-state index contributed by atoms with van der Waals surface area (Å²) in [6.07, 6.45) is 4.61. The summed E-state index contributed by atoms with van der Waals surface area (Å²) in [5, 5.41) is 3.10. The molecular weight excluding hydrogens is 417 g/mol. The highest BCUT2D eigenvalue weighted by atomic mass is 35.5. The number of ether oxygens (including phenoxy) is 2. The minimum Gasteiger partial charge on any atom is -0.462 e. The van der Waals surface area contributed by atoms with Gasteiger partial charge < -0.3 is 19.7 Å². The molecule has 1 amide bonds. The van der Waals surface area contributed by atoms with E-state index in [1.807, 2.05) is 0 Å². The molecule has 0 heterocycles. The number of benzene rings is 1. The van der Waals surface area contributed by atoms with E-state index in [-0.39, 0.29) is 38.1 Å². The topological polar surface area (TPSA) is 102 Å². The molecule has 0 saturated heterocycles. The maximum absolute atomic E-state index is 12.2. The van der Waals surface area contributed by atoms with Gasteiger partial charge in [-0.25, -0.2) is 4.79 Å². The van der Waals surface area contributed by atoms with Gasteiger partial charge >= 0.3 is 12.1 Å². The van der Waals surface area contributed by atoms with Gasteiger partial charge in [0.2, 0.25) is 7.37 Å². The van der Waals surface area contributed by atoms with Gasteiger partial charge in [0, 0.05) is 18.2 Å². The van der Waals surface area contributed by atoms with E-state index in [9.17, 15) is 19.0 Å². The zero-order valence-electron chi connectivity index (χ0n) is 16.6. The molecule has 0 bridgehead atoms. The average molecular weight is 446 g/mol. The van der Waals surface area contributed by atoms with E-state index >= 15 is 0 Å². The van der Waals surface area contributed by atoms with Crippen molar-refractivity contribution in [3.05, 3.63) is 34.9 Å². The zero-order chi connectivity index (χ0) is 21.3. The zero-order valence-corrected chi connectivity index (χ0v) is 18.3. The summed E-state index contributed by atoms with van der Waals surface area (Å²) in [5.41, 5.74) is 0.0732. The fraction of sp³-hybridized carbons (Fsp3) is 0.600. The van der Waals surface area contributed by atoms with Gasteiger partial charge in [-0.3, -0.25) is 9.36 Å². The molecule has 0 spiro atoms. The second-order valence-corrected chi connectivity index (χ2v) is 10.3. The van der Waals surface area contributed by atoms with Crippen molar-refractivity contribution in [1.82, 2.24) is 5.32 Å². The molecule has 1 fully saturated rings. The molecule has 2 rings (SSSR count). The molecule has 0 aromatic heterocycles. The van der Waals surface area contributed by atoms with Gasteiger partial charge in [-0.15, -0.1) is 0 Å². The molecule has 2 unspecified atom stereocenters. The standard InChI is InChI=1S/C20H29ClNO6P/c1-29(25,26)18(15-7-9-17(21)10-8-15)11-12-22-20(24)28-14-13-27-19(23)16-5-3-2-4-6-16/h7-10,16,18H,2-6,11-14H2,1H3,(H,22,24)(H,25,26). The predicted octanol–water partition coefficient (Wildman–Crippen LogP) is 4.52. The maximum atomic E-state index is 12.2. The summed E-state index contributed by atoms with van der Waals surface area (Å²) in [7, 11) is -3.42. The Hall–Kier alpha value is -1.56. The number of esters is 1. The van der Waals surface area contributed by atoms with Crippen molar-refractivity contribution in [2.24, 2.45) is 5.92 Å². The molecule has 1 saturated carbocycles. The Kier molecular flexibility index (Phi) is 9.47. The van der Waals surface area contributed by atoms with E-state index in [4.69, 9.17) is 21.1 Å². The van der Waals surface area contributed by atoms with Crippen LogP contribution in [0, 0.1) is 5.92 Å². The van der Waals surface area contributed by atoms with Crippen LogP contribution in [0.1, 0.15) is 49.7 Å². The summed E-state index contributed by atoms with van der Waals surface area (Å²) < 4.78 is 22.4. The number of carbonyl (C=O) groups excluding carboxylic acids is 2. The second-order valence-electron chi connectivity index (χ2n) is 7.36. The summed E-state index contributed by atoms with van der Waals surface area (Å²) in [4.78, 5) is 33.7. The van der Waals surface area contributed by atoms with Crippen molar-refractivity contribution in [1.29, 1.82) is 0 Å². The smallest absolute Gasteiger partial charge is 0.407 e. The Bertz CT molecular complexity index is 714. The van der Waals surface area contributed by atoms with E-state index < -0.39 is 19.1 Å². The number of hydrogen-bond donors (Lipinski definition) is 2. The van der Waals surface area contributed by atoms with Crippen LogP contribution >= 0.6 is 19.0 Å². The molecule has 9 heteroatoms. The third-order valence-electron chi connectivity index (χ3n) is 5.02.